The molecule has 0 radical (unpaired) electrons. The van der Waals surface area contributed by atoms with Crippen LogP contribution in [0.1, 0.15) is 24.0 Å². The fourth-order valence-corrected chi connectivity index (χ4v) is 1.99. The quantitative estimate of drug-likeness (QED) is 0.746. The highest BCUT2D eigenvalue weighted by molar-refractivity contribution is 5.55. The minimum Gasteiger partial charge on any atom is -0.355 e. The average Bonchev–Trinajstić information content (AvgIpc) is 2.37. The normalized spacial score (nSPS) is 18.7. The van der Waals surface area contributed by atoms with Gasteiger partial charge < -0.3 is 4.90 Å². The van der Waals surface area contributed by atoms with Gasteiger partial charge in [-0.2, -0.15) is 18.4 Å². The van der Waals surface area contributed by atoms with Gasteiger partial charge in [0.2, 0.25) is 0 Å². The predicted molar refractivity (Wildman–Crippen MR) is 60.3 cm³/mol. The highest BCUT2D eigenvalue weighted by Crippen LogP contribution is 2.34. The minimum absolute atomic E-state index is 0.0241. The maximum Gasteiger partial charge on any atom is 0.417 e. The number of nitriles is 1. The van der Waals surface area contributed by atoms with Gasteiger partial charge in [0, 0.05) is 32.1 Å². The van der Waals surface area contributed by atoms with Gasteiger partial charge in [0.05, 0.1) is 11.1 Å². The van der Waals surface area contributed by atoms with Crippen molar-refractivity contribution in [2.75, 3.05) is 18.0 Å². The van der Waals surface area contributed by atoms with E-state index in [1.807, 2.05) is 0 Å². The number of pyridine rings is 1. The monoisotopic (exact) mass is 291 g/mol. The second-order valence-electron chi connectivity index (χ2n) is 4.55. The number of rotatable bonds is 1. The molecule has 2 heterocycles. The lowest BCUT2D eigenvalue weighted by molar-refractivity contribution is -0.137. The molecule has 0 aromatic carbocycles. The number of piperidine rings is 1. The Morgan fingerprint density at radius 2 is 1.85 bits per heavy atom. The van der Waals surface area contributed by atoms with E-state index in [9.17, 15) is 22.0 Å². The molecule has 8 heteroatoms. The Morgan fingerprint density at radius 1 is 1.25 bits per heavy atom. The molecule has 1 aliphatic rings. The van der Waals surface area contributed by atoms with Crippen LogP contribution < -0.4 is 4.90 Å². The number of nitrogens with zero attached hydrogens (tertiary/aromatic N) is 3. The van der Waals surface area contributed by atoms with Crippen molar-refractivity contribution < 1.29 is 22.0 Å². The smallest absolute Gasteiger partial charge is 0.355 e. The molecule has 1 aromatic heterocycles. The summed E-state index contributed by atoms with van der Waals surface area (Å²) in [6, 6.07) is 2.32. The van der Waals surface area contributed by atoms with Crippen LogP contribution in [0, 0.1) is 11.3 Å². The van der Waals surface area contributed by atoms with E-state index in [0.717, 1.165) is 0 Å². The molecule has 0 N–H and O–H groups in total. The standard InChI is InChI=1S/C12H10F5N3/c13-11(14)1-3-20(4-2-11)10-8(6-18)5-9(7-19-10)12(15,16)17/h5,7H,1-4H2. The van der Waals surface area contributed by atoms with Crippen LogP contribution in [0.2, 0.25) is 0 Å². The van der Waals surface area contributed by atoms with Crippen molar-refractivity contribution in [1.29, 1.82) is 5.26 Å². The van der Waals surface area contributed by atoms with Gasteiger partial charge in [-0.05, 0) is 6.07 Å². The predicted octanol–water partition coefficient (Wildman–Crippen LogP) is 3.21. The highest BCUT2D eigenvalue weighted by Gasteiger charge is 2.36. The number of halogens is 5. The number of anilines is 1. The minimum atomic E-state index is -4.59. The zero-order chi connectivity index (χ0) is 15.0. The highest BCUT2D eigenvalue weighted by atomic mass is 19.4. The van der Waals surface area contributed by atoms with E-state index in [0.29, 0.717) is 12.3 Å². The molecule has 1 aliphatic heterocycles. The molecule has 0 bridgehead atoms. The molecule has 1 saturated heterocycles. The van der Waals surface area contributed by atoms with Gasteiger partial charge in [-0.1, -0.05) is 0 Å². The van der Waals surface area contributed by atoms with Gasteiger partial charge in [0.15, 0.2) is 0 Å². The van der Waals surface area contributed by atoms with Crippen molar-refractivity contribution in [3.8, 4) is 6.07 Å². The summed E-state index contributed by atoms with van der Waals surface area (Å²) in [5, 5.41) is 8.91. The van der Waals surface area contributed by atoms with Gasteiger partial charge in [-0.3, -0.25) is 0 Å². The van der Waals surface area contributed by atoms with Crippen LogP contribution in [-0.2, 0) is 6.18 Å². The second kappa shape index (κ2) is 4.89. The maximum absolute atomic E-state index is 13.0. The molecule has 20 heavy (non-hydrogen) atoms. The van der Waals surface area contributed by atoms with Crippen molar-refractivity contribution in [3.05, 3.63) is 23.4 Å². The summed E-state index contributed by atoms with van der Waals surface area (Å²) in [5.41, 5.74) is -1.29. The molecule has 0 unspecified atom stereocenters. The first-order valence-electron chi connectivity index (χ1n) is 5.83. The summed E-state index contributed by atoms with van der Waals surface area (Å²) < 4.78 is 63.6. The molecular formula is C12H10F5N3. The molecule has 0 saturated carbocycles. The first-order valence-corrected chi connectivity index (χ1v) is 5.83. The SMILES string of the molecule is N#Cc1cc(C(F)(F)F)cnc1N1CCC(F)(F)CC1. The van der Waals surface area contributed by atoms with Crippen LogP contribution in [0.5, 0.6) is 0 Å². The summed E-state index contributed by atoms with van der Waals surface area (Å²) >= 11 is 0. The molecule has 3 nitrogen and oxygen atoms in total. The van der Waals surface area contributed by atoms with Crippen LogP contribution in [0.25, 0.3) is 0 Å². The molecule has 1 fully saturated rings. The zero-order valence-corrected chi connectivity index (χ0v) is 10.2. The number of hydrogen-bond donors (Lipinski definition) is 0. The van der Waals surface area contributed by atoms with E-state index in [2.05, 4.69) is 4.98 Å². The summed E-state index contributed by atoms with van der Waals surface area (Å²) in [7, 11) is 0. The fraction of sp³-hybridized carbons (Fsp3) is 0.500. The van der Waals surface area contributed by atoms with E-state index < -0.39 is 30.5 Å². The molecule has 2 rings (SSSR count). The van der Waals surface area contributed by atoms with E-state index in [-0.39, 0.29) is 24.5 Å². The Hall–Kier alpha value is -1.91. The Kier molecular flexibility index (Phi) is 3.54. The summed E-state index contributed by atoms with van der Waals surface area (Å²) in [5.74, 6) is -2.74. The largest absolute Gasteiger partial charge is 0.417 e. The van der Waals surface area contributed by atoms with Crippen molar-refractivity contribution in [2.45, 2.75) is 24.9 Å². The second-order valence-corrected chi connectivity index (χ2v) is 4.55. The molecule has 1 aromatic rings. The van der Waals surface area contributed by atoms with Crippen molar-refractivity contribution in [1.82, 2.24) is 4.98 Å². The van der Waals surface area contributed by atoms with Gasteiger partial charge >= 0.3 is 6.18 Å². The van der Waals surface area contributed by atoms with E-state index in [1.54, 1.807) is 6.07 Å². The third-order valence-corrected chi connectivity index (χ3v) is 3.11. The Labute approximate surface area is 111 Å². The number of alkyl halides is 5. The van der Waals surface area contributed by atoms with Gasteiger partial charge in [-0.25, -0.2) is 13.8 Å². The van der Waals surface area contributed by atoms with Gasteiger partial charge in [-0.15, -0.1) is 0 Å². The van der Waals surface area contributed by atoms with Gasteiger partial charge in [0.1, 0.15) is 11.9 Å². The zero-order valence-electron chi connectivity index (χ0n) is 10.2. The Balaban J connectivity index is 2.28. The summed E-state index contributed by atoms with van der Waals surface area (Å²) in [4.78, 5) is 5.04. The first-order chi connectivity index (χ1) is 9.23. The third kappa shape index (κ3) is 2.98. The molecular weight excluding hydrogens is 281 g/mol. The molecule has 0 spiro atoms. The van der Waals surface area contributed by atoms with Crippen LogP contribution in [0.15, 0.2) is 12.3 Å². The fourth-order valence-electron chi connectivity index (χ4n) is 1.99. The number of aromatic nitrogens is 1. The van der Waals surface area contributed by atoms with Gasteiger partial charge in [0.25, 0.3) is 5.92 Å². The lowest BCUT2D eigenvalue weighted by Gasteiger charge is -2.33. The van der Waals surface area contributed by atoms with E-state index >= 15 is 0 Å². The van der Waals surface area contributed by atoms with Crippen LogP contribution in [0.4, 0.5) is 27.8 Å². The third-order valence-electron chi connectivity index (χ3n) is 3.11. The van der Waals surface area contributed by atoms with Crippen molar-refractivity contribution in [2.24, 2.45) is 0 Å². The topological polar surface area (TPSA) is 39.9 Å². The molecule has 0 amide bonds. The van der Waals surface area contributed by atoms with Crippen LogP contribution in [0.3, 0.4) is 0 Å². The van der Waals surface area contributed by atoms with E-state index in [4.69, 9.17) is 5.26 Å². The number of hydrogen-bond acceptors (Lipinski definition) is 3. The Morgan fingerprint density at radius 3 is 2.35 bits per heavy atom. The molecule has 108 valence electrons. The lowest BCUT2D eigenvalue weighted by atomic mass is 10.1. The summed E-state index contributed by atoms with van der Waals surface area (Å²) in [6.45, 7) is -0.0832. The Bertz CT molecular complexity index is 537. The first kappa shape index (κ1) is 14.5. The van der Waals surface area contributed by atoms with E-state index in [1.165, 1.54) is 4.90 Å². The lowest BCUT2D eigenvalue weighted by Crippen LogP contribution is -2.40. The van der Waals surface area contributed by atoms with Crippen LogP contribution >= 0.6 is 0 Å². The van der Waals surface area contributed by atoms with Crippen molar-refractivity contribution in [3.63, 3.8) is 0 Å². The summed E-state index contributed by atoms with van der Waals surface area (Å²) in [6.07, 6.45) is -4.78. The maximum atomic E-state index is 13.0. The van der Waals surface area contributed by atoms with Crippen LogP contribution in [-0.4, -0.2) is 24.0 Å². The van der Waals surface area contributed by atoms with Crippen molar-refractivity contribution >= 4 is 5.82 Å². The molecule has 0 aliphatic carbocycles. The molecule has 0 atom stereocenters. The average molecular weight is 291 g/mol.